The SMILES string of the molecule is Cc1cc(C)cc(NC(=O)CCc2c(C)nc3c4c(C)cc(C)nc4nn3c2C)c1. The number of benzene rings is 1. The Morgan fingerprint density at radius 1 is 0.967 bits per heavy atom. The van der Waals surface area contributed by atoms with E-state index in [0.717, 1.165) is 56.1 Å². The van der Waals surface area contributed by atoms with Crippen molar-refractivity contribution in [1.29, 1.82) is 0 Å². The molecular formula is C24H27N5O. The molecule has 0 atom stereocenters. The van der Waals surface area contributed by atoms with Gasteiger partial charge < -0.3 is 5.32 Å². The molecule has 0 aliphatic heterocycles. The van der Waals surface area contributed by atoms with Crippen molar-refractivity contribution in [3.8, 4) is 0 Å². The van der Waals surface area contributed by atoms with Crippen LogP contribution in [0.3, 0.4) is 0 Å². The van der Waals surface area contributed by atoms with Crippen LogP contribution in [-0.2, 0) is 11.2 Å². The van der Waals surface area contributed by atoms with E-state index in [4.69, 9.17) is 10.1 Å². The number of anilines is 1. The zero-order chi connectivity index (χ0) is 21.6. The molecule has 3 aromatic heterocycles. The Balaban J connectivity index is 1.62. The average Bonchev–Trinajstić information content (AvgIpc) is 2.99. The van der Waals surface area contributed by atoms with Crippen LogP contribution in [0.25, 0.3) is 16.7 Å². The van der Waals surface area contributed by atoms with E-state index in [2.05, 4.69) is 29.4 Å². The standard InChI is InChI=1S/C24H27N5O/c1-13-9-14(2)11-19(10-13)27-21(30)8-7-20-17(5)26-24-22-15(3)12-16(4)25-23(22)28-29(24)18(20)6/h9-12H,7-8H2,1-6H3,(H,27,30). The molecule has 4 aromatic rings. The number of aryl methyl sites for hydroxylation is 6. The Labute approximate surface area is 176 Å². The fraction of sp³-hybridized carbons (Fsp3) is 0.333. The molecule has 6 nitrogen and oxygen atoms in total. The summed E-state index contributed by atoms with van der Waals surface area (Å²) < 4.78 is 1.87. The predicted octanol–water partition coefficient (Wildman–Crippen LogP) is 4.70. The number of hydrogen-bond acceptors (Lipinski definition) is 4. The smallest absolute Gasteiger partial charge is 0.224 e. The van der Waals surface area contributed by atoms with Gasteiger partial charge in [0.25, 0.3) is 0 Å². The Hall–Kier alpha value is -3.28. The minimum absolute atomic E-state index is 0.00217. The summed E-state index contributed by atoms with van der Waals surface area (Å²) in [7, 11) is 0. The van der Waals surface area contributed by atoms with Gasteiger partial charge in [-0.1, -0.05) is 6.07 Å². The lowest BCUT2D eigenvalue weighted by atomic mass is 10.1. The van der Waals surface area contributed by atoms with Crippen LogP contribution in [0.4, 0.5) is 5.69 Å². The van der Waals surface area contributed by atoms with Gasteiger partial charge >= 0.3 is 0 Å². The molecule has 1 aromatic carbocycles. The van der Waals surface area contributed by atoms with Gasteiger partial charge in [0.05, 0.1) is 5.39 Å². The number of carbonyl (C=O) groups is 1. The molecule has 0 spiro atoms. The van der Waals surface area contributed by atoms with Gasteiger partial charge in [-0.05, 0) is 88.4 Å². The van der Waals surface area contributed by atoms with Crippen LogP contribution < -0.4 is 5.32 Å². The minimum atomic E-state index is -0.00217. The zero-order valence-corrected chi connectivity index (χ0v) is 18.4. The van der Waals surface area contributed by atoms with Gasteiger partial charge in [0.2, 0.25) is 5.91 Å². The van der Waals surface area contributed by atoms with E-state index in [-0.39, 0.29) is 5.91 Å². The molecule has 30 heavy (non-hydrogen) atoms. The van der Waals surface area contributed by atoms with Crippen molar-refractivity contribution in [2.45, 2.75) is 54.4 Å². The maximum absolute atomic E-state index is 12.6. The van der Waals surface area contributed by atoms with Crippen molar-refractivity contribution in [2.24, 2.45) is 0 Å². The molecule has 3 heterocycles. The topological polar surface area (TPSA) is 72.2 Å². The van der Waals surface area contributed by atoms with E-state index in [9.17, 15) is 4.79 Å². The average molecular weight is 402 g/mol. The zero-order valence-electron chi connectivity index (χ0n) is 18.4. The summed E-state index contributed by atoms with van der Waals surface area (Å²) in [6, 6.07) is 8.13. The lowest BCUT2D eigenvalue weighted by Crippen LogP contribution is -2.14. The van der Waals surface area contributed by atoms with Crippen molar-refractivity contribution >= 4 is 28.3 Å². The number of hydrogen-bond donors (Lipinski definition) is 1. The fourth-order valence-corrected chi connectivity index (χ4v) is 4.24. The molecule has 0 radical (unpaired) electrons. The molecule has 1 amide bonds. The third kappa shape index (κ3) is 3.65. The molecule has 0 saturated carbocycles. The molecule has 0 saturated heterocycles. The van der Waals surface area contributed by atoms with E-state index < -0.39 is 0 Å². The lowest BCUT2D eigenvalue weighted by Gasteiger charge is -2.12. The van der Waals surface area contributed by atoms with Crippen LogP contribution in [0.15, 0.2) is 24.3 Å². The number of pyridine rings is 1. The number of nitrogens with one attached hydrogen (secondary N) is 1. The van der Waals surface area contributed by atoms with Crippen LogP contribution in [0.1, 0.15) is 45.8 Å². The minimum Gasteiger partial charge on any atom is -0.326 e. The van der Waals surface area contributed by atoms with Gasteiger partial charge in [-0.25, -0.2) is 14.5 Å². The number of rotatable bonds is 4. The predicted molar refractivity (Wildman–Crippen MR) is 120 cm³/mol. The summed E-state index contributed by atoms with van der Waals surface area (Å²) in [5.74, 6) is -0.00217. The number of amides is 1. The van der Waals surface area contributed by atoms with Crippen LogP contribution in [0.2, 0.25) is 0 Å². The first kappa shape index (κ1) is 20.0. The summed E-state index contributed by atoms with van der Waals surface area (Å²) in [4.78, 5) is 22.0. The van der Waals surface area contributed by atoms with Gasteiger partial charge in [-0.3, -0.25) is 4.79 Å². The molecule has 0 aliphatic carbocycles. The highest BCUT2D eigenvalue weighted by molar-refractivity contribution is 5.93. The van der Waals surface area contributed by atoms with Gasteiger partial charge in [-0.2, -0.15) is 0 Å². The molecule has 154 valence electrons. The van der Waals surface area contributed by atoms with Crippen molar-refractivity contribution in [2.75, 3.05) is 5.32 Å². The van der Waals surface area contributed by atoms with Crippen LogP contribution in [0, 0.1) is 41.5 Å². The highest BCUT2D eigenvalue weighted by atomic mass is 16.1. The van der Waals surface area contributed by atoms with E-state index >= 15 is 0 Å². The number of fused-ring (bicyclic) bond motifs is 3. The molecular weight excluding hydrogens is 374 g/mol. The monoisotopic (exact) mass is 401 g/mol. The van der Waals surface area contributed by atoms with Gasteiger partial charge in [-0.15, -0.1) is 5.10 Å². The van der Waals surface area contributed by atoms with Crippen molar-refractivity contribution < 1.29 is 4.79 Å². The number of aromatic nitrogens is 4. The molecule has 0 fully saturated rings. The summed E-state index contributed by atoms with van der Waals surface area (Å²) >= 11 is 0. The van der Waals surface area contributed by atoms with E-state index in [1.165, 1.54) is 0 Å². The maximum Gasteiger partial charge on any atom is 0.224 e. The first-order chi connectivity index (χ1) is 14.2. The number of nitrogens with zero attached hydrogens (tertiary/aromatic N) is 4. The van der Waals surface area contributed by atoms with Crippen molar-refractivity contribution in [3.63, 3.8) is 0 Å². The fourth-order valence-electron chi connectivity index (χ4n) is 4.24. The van der Waals surface area contributed by atoms with Crippen LogP contribution >= 0.6 is 0 Å². The van der Waals surface area contributed by atoms with Gasteiger partial charge in [0.1, 0.15) is 0 Å². The van der Waals surface area contributed by atoms with Crippen LogP contribution in [-0.4, -0.2) is 25.5 Å². The van der Waals surface area contributed by atoms with Crippen molar-refractivity contribution in [1.82, 2.24) is 19.6 Å². The number of carbonyl (C=O) groups excluding carboxylic acids is 1. The Kier molecular flexibility index (Phi) is 5.02. The highest BCUT2D eigenvalue weighted by Gasteiger charge is 2.17. The lowest BCUT2D eigenvalue weighted by molar-refractivity contribution is -0.116. The second-order valence-electron chi connectivity index (χ2n) is 8.20. The third-order valence-corrected chi connectivity index (χ3v) is 5.52. The Morgan fingerprint density at radius 2 is 1.67 bits per heavy atom. The molecule has 0 unspecified atom stereocenters. The summed E-state index contributed by atoms with van der Waals surface area (Å²) in [5.41, 5.74) is 9.72. The third-order valence-electron chi connectivity index (χ3n) is 5.52. The summed E-state index contributed by atoms with van der Waals surface area (Å²) in [6.07, 6.45) is 0.998. The summed E-state index contributed by atoms with van der Waals surface area (Å²) in [6.45, 7) is 12.1. The largest absolute Gasteiger partial charge is 0.326 e. The molecule has 0 bridgehead atoms. The van der Waals surface area contributed by atoms with E-state index in [1.807, 2.05) is 51.3 Å². The van der Waals surface area contributed by atoms with Crippen LogP contribution in [0.5, 0.6) is 0 Å². The second-order valence-corrected chi connectivity index (χ2v) is 8.20. The molecule has 4 rings (SSSR count). The second kappa shape index (κ2) is 7.52. The Morgan fingerprint density at radius 3 is 2.37 bits per heavy atom. The van der Waals surface area contributed by atoms with Crippen molar-refractivity contribution in [3.05, 3.63) is 63.6 Å². The first-order valence-electron chi connectivity index (χ1n) is 10.2. The molecule has 0 aliphatic rings. The molecule has 6 heteroatoms. The van der Waals surface area contributed by atoms with Gasteiger partial charge in [0.15, 0.2) is 11.3 Å². The van der Waals surface area contributed by atoms with E-state index in [0.29, 0.717) is 18.5 Å². The van der Waals surface area contributed by atoms with Gasteiger partial charge in [0, 0.05) is 29.2 Å². The first-order valence-corrected chi connectivity index (χ1v) is 10.2. The highest BCUT2D eigenvalue weighted by Crippen LogP contribution is 2.25. The normalized spacial score (nSPS) is 11.4. The Bertz CT molecular complexity index is 1280. The molecule has 1 N–H and O–H groups in total. The summed E-state index contributed by atoms with van der Waals surface area (Å²) in [5, 5.41) is 8.70. The quantitative estimate of drug-likeness (QED) is 0.538. The van der Waals surface area contributed by atoms with E-state index in [1.54, 1.807) is 0 Å². The maximum atomic E-state index is 12.6.